The first-order valence-corrected chi connectivity index (χ1v) is 5.14. The van der Waals surface area contributed by atoms with Crippen LogP contribution >= 0.6 is 0 Å². The number of carbonyl (C=O) groups excluding carboxylic acids is 1. The Labute approximate surface area is 85.5 Å². The van der Waals surface area contributed by atoms with Crippen molar-refractivity contribution in [3.63, 3.8) is 0 Å². The van der Waals surface area contributed by atoms with Gasteiger partial charge in [0.25, 0.3) is 0 Å². The maximum atomic E-state index is 11.1. The SMILES string of the molecule is COC(=O)C[C@@H]1[C@H](C[C@H](C)O)C1(C)C. The van der Waals surface area contributed by atoms with Gasteiger partial charge in [0.15, 0.2) is 0 Å². The molecule has 0 aromatic rings. The Balaban J connectivity index is 2.44. The zero-order valence-corrected chi connectivity index (χ0v) is 9.41. The molecule has 0 aliphatic heterocycles. The highest BCUT2D eigenvalue weighted by molar-refractivity contribution is 5.70. The standard InChI is InChI=1S/C11H20O3/c1-7(12)5-8-9(11(8,2)3)6-10(13)14-4/h7-9,12H,5-6H2,1-4H3/t7-,8-,9+/m0/s1. The highest BCUT2D eigenvalue weighted by atomic mass is 16.5. The highest BCUT2D eigenvalue weighted by Crippen LogP contribution is 2.61. The smallest absolute Gasteiger partial charge is 0.305 e. The monoisotopic (exact) mass is 200 g/mol. The van der Waals surface area contributed by atoms with E-state index in [1.54, 1.807) is 6.92 Å². The van der Waals surface area contributed by atoms with Crippen molar-refractivity contribution >= 4 is 5.97 Å². The fourth-order valence-electron chi connectivity index (χ4n) is 2.36. The fraction of sp³-hybridized carbons (Fsp3) is 0.909. The third-order valence-corrected chi connectivity index (χ3v) is 3.50. The number of esters is 1. The van der Waals surface area contributed by atoms with Crippen LogP contribution in [0, 0.1) is 17.3 Å². The molecule has 1 N–H and O–H groups in total. The lowest BCUT2D eigenvalue weighted by atomic mass is 10.1. The van der Waals surface area contributed by atoms with Gasteiger partial charge < -0.3 is 9.84 Å². The number of hydrogen-bond donors (Lipinski definition) is 1. The van der Waals surface area contributed by atoms with E-state index in [9.17, 15) is 9.90 Å². The van der Waals surface area contributed by atoms with Gasteiger partial charge in [0.2, 0.25) is 0 Å². The topological polar surface area (TPSA) is 46.5 Å². The minimum Gasteiger partial charge on any atom is -0.469 e. The molecule has 0 aromatic carbocycles. The Bertz CT molecular complexity index is 221. The third kappa shape index (κ3) is 2.27. The van der Waals surface area contributed by atoms with Crippen molar-refractivity contribution in [1.82, 2.24) is 0 Å². The van der Waals surface area contributed by atoms with Crippen molar-refractivity contribution in [3.05, 3.63) is 0 Å². The molecule has 0 radical (unpaired) electrons. The molecule has 0 heterocycles. The van der Waals surface area contributed by atoms with Crippen molar-refractivity contribution in [2.45, 2.75) is 39.7 Å². The van der Waals surface area contributed by atoms with Gasteiger partial charge in [0, 0.05) is 6.42 Å². The first kappa shape index (κ1) is 11.5. The van der Waals surface area contributed by atoms with Gasteiger partial charge >= 0.3 is 5.97 Å². The van der Waals surface area contributed by atoms with Crippen molar-refractivity contribution < 1.29 is 14.6 Å². The number of methoxy groups -OCH3 is 1. The molecule has 3 heteroatoms. The number of carbonyl (C=O) groups is 1. The summed E-state index contributed by atoms with van der Waals surface area (Å²) in [4.78, 5) is 11.1. The van der Waals surface area contributed by atoms with Gasteiger partial charge in [0.1, 0.15) is 0 Å². The minimum atomic E-state index is -0.276. The molecule has 0 amide bonds. The number of aliphatic hydroxyl groups is 1. The first-order chi connectivity index (χ1) is 6.39. The van der Waals surface area contributed by atoms with Gasteiger partial charge in [-0.1, -0.05) is 13.8 Å². The number of rotatable bonds is 4. The van der Waals surface area contributed by atoms with E-state index in [4.69, 9.17) is 0 Å². The average Bonchev–Trinajstić information content (AvgIpc) is 2.55. The normalized spacial score (nSPS) is 30.9. The van der Waals surface area contributed by atoms with E-state index in [0.717, 1.165) is 6.42 Å². The molecule has 14 heavy (non-hydrogen) atoms. The highest BCUT2D eigenvalue weighted by Gasteiger charge is 2.57. The van der Waals surface area contributed by atoms with Crippen LogP contribution in [0.15, 0.2) is 0 Å². The van der Waals surface area contributed by atoms with Crippen LogP contribution in [-0.4, -0.2) is 24.3 Å². The van der Waals surface area contributed by atoms with Crippen LogP contribution in [0.2, 0.25) is 0 Å². The van der Waals surface area contributed by atoms with E-state index < -0.39 is 0 Å². The summed E-state index contributed by atoms with van der Waals surface area (Å²) in [5, 5.41) is 9.29. The van der Waals surface area contributed by atoms with E-state index in [-0.39, 0.29) is 17.5 Å². The van der Waals surface area contributed by atoms with E-state index in [1.807, 2.05) is 0 Å². The molecule has 0 unspecified atom stereocenters. The second kappa shape index (κ2) is 3.89. The summed E-state index contributed by atoms with van der Waals surface area (Å²) in [5.41, 5.74) is 0.186. The van der Waals surface area contributed by atoms with Crippen LogP contribution < -0.4 is 0 Å². The number of ether oxygens (including phenoxy) is 1. The van der Waals surface area contributed by atoms with Crippen LogP contribution in [0.25, 0.3) is 0 Å². The van der Waals surface area contributed by atoms with Gasteiger partial charge in [0.05, 0.1) is 13.2 Å². The van der Waals surface area contributed by atoms with Crippen molar-refractivity contribution in [1.29, 1.82) is 0 Å². The molecule has 1 aliphatic carbocycles. The zero-order valence-electron chi connectivity index (χ0n) is 9.41. The zero-order chi connectivity index (χ0) is 10.9. The Morgan fingerprint density at radius 2 is 2.07 bits per heavy atom. The fourth-order valence-corrected chi connectivity index (χ4v) is 2.36. The summed E-state index contributed by atoms with van der Waals surface area (Å²) < 4.78 is 4.65. The van der Waals surface area contributed by atoms with E-state index in [1.165, 1.54) is 7.11 Å². The molecule has 1 saturated carbocycles. The largest absolute Gasteiger partial charge is 0.469 e. The third-order valence-electron chi connectivity index (χ3n) is 3.50. The lowest BCUT2D eigenvalue weighted by molar-refractivity contribution is -0.141. The van der Waals surface area contributed by atoms with Crippen molar-refractivity contribution in [3.8, 4) is 0 Å². The molecule has 0 aromatic heterocycles. The van der Waals surface area contributed by atoms with Gasteiger partial charge in [-0.2, -0.15) is 0 Å². The van der Waals surface area contributed by atoms with Crippen LogP contribution in [0.3, 0.4) is 0 Å². The van der Waals surface area contributed by atoms with Crippen LogP contribution in [-0.2, 0) is 9.53 Å². The Morgan fingerprint density at radius 3 is 2.50 bits per heavy atom. The predicted octanol–water partition coefficient (Wildman–Crippen LogP) is 1.59. The number of hydrogen-bond acceptors (Lipinski definition) is 3. The summed E-state index contributed by atoms with van der Waals surface area (Å²) in [6, 6.07) is 0. The van der Waals surface area contributed by atoms with E-state index >= 15 is 0 Å². The predicted molar refractivity (Wildman–Crippen MR) is 53.7 cm³/mol. The van der Waals surface area contributed by atoms with Gasteiger partial charge in [-0.3, -0.25) is 4.79 Å². The van der Waals surface area contributed by atoms with Crippen molar-refractivity contribution in [2.75, 3.05) is 7.11 Å². The Hall–Kier alpha value is -0.570. The first-order valence-electron chi connectivity index (χ1n) is 5.14. The van der Waals surface area contributed by atoms with Crippen LogP contribution in [0.1, 0.15) is 33.6 Å². The van der Waals surface area contributed by atoms with Gasteiger partial charge in [-0.25, -0.2) is 0 Å². The van der Waals surface area contributed by atoms with E-state index in [2.05, 4.69) is 18.6 Å². The van der Waals surface area contributed by atoms with Gasteiger partial charge in [-0.05, 0) is 30.6 Å². The Morgan fingerprint density at radius 1 is 1.50 bits per heavy atom. The van der Waals surface area contributed by atoms with E-state index in [0.29, 0.717) is 18.3 Å². The summed E-state index contributed by atoms with van der Waals surface area (Å²) in [6.07, 6.45) is 0.997. The second-order valence-corrected chi connectivity index (χ2v) is 4.90. The second-order valence-electron chi connectivity index (χ2n) is 4.90. The molecule has 82 valence electrons. The summed E-state index contributed by atoms with van der Waals surface area (Å²) >= 11 is 0. The quantitative estimate of drug-likeness (QED) is 0.701. The summed E-state index contributed by atoms with van der Waals surface area (Å²) in [5.74, 6) is 0.697. The molecule has 1 rings (SSSR count). The molecular formula is C11H20O3. The lowest BCUT2D eigenvalue weighted by Crippen LogP contribution is -2.04. The maximum Gasteiger partial charge on any atom is 0.305 e. The van der Waals surface area contributed by atoms with Crippen molar-refractivity contribution in [2.24, 2.45) is 17.3 Å². The summed E-state index contributed by atoms with van der Waals surface area (Å²) in [7, 11) is 1.42. The molecule has 3 nitrogen and oxygen atoms in total. The van der Waals surface area contributed by atoms with Crippen LogP contribution in [0.5, 0.6) is 0 Å². The average molecular weight is 200 g/mol. The van der Waals surface area contributed by atoms with Crippen LogP contribution in [0.4, 0.5) is 0 Å². The number of aliphatic hydroxyl groups excluding tert-OH is 1. The molecule has 0 bridgehead atoms. The lowest BCUT2D eigenvalue weighted by Gasteiger charge is -2.04. The summed E-state index contributed by atoms with van der Waals surface area (Å²) in [6.45, 7) is 6.09. The molecule has 3 atom stereocenters. The molecule has 0 saturated heterocycles. The minimum absolute atomic E-state index is 0.142. The molecule has 1 fully saturated rings. The van der Waals surface area contributed by atoms with Gasteiger partial charge in [-0.15, -0.1) is 0 Å². The molecule has 0 spiro atoms. The molecule has 1 aliphatic rings. The Kier molecular flexibility index (Phi) is 3.20. The maximum absolute atomic E-state index is 11.1. The molecular weight excluding hydrogens is 180 g/mol.